The third kappa shape index (κ3) is 2.82. The predicted molar refractivity (Wildman–Crippen MR) is 85.8 cm³/mol. The van der Waals surface area contributed by atoms with Gasteiger partial charge in [-0.2, -0.15) is 0 Å². The van der Waals surface area contributed by atoms with Gasteiger partial charge >= 0.3 is 0 Å². The molecule has 1 aliphatic rings. The van der Waals surface area contributed by atoms with Crippen LogP contribution in [0.2, 0.25) is 0 Å². The zero-order chi connectivity index (χ0) is 16.4. The fourth-order valence-corrected chi connectivity index (χ4v) is 2.87. The monoisotopic (exact) mass is 312 g/mol. The van der Waals surface area contributed by atoms with Gasteiger partial charge in [-0.05, 0) is 42.8 Å². The third-order valence-electron chi connectivity index (χ3n) is 3.94. The Labute approximate surface area is 133 Å². The summed E-state index contributed by atoms with van der Waals surface area (Å²) in [5.74, 6) is -0.881. The number of rotatable bonds is 3. The molecule has 5 heteroatoms. The number of carbonyl (C=O) groups excluding carboxylic acids is 2. The van der Waals surface area contributed by atoms with E-state index in [1.54, 1.807) is 0 Å². The second-order valence-corrected chi connectivity index (χ2v) is 5.43. The molecule has 0 aliphatic carbocycles. The number of nitrogens with one attached hydrogen (secondary N) is 1. The largest absolute Gasteiger partial charge is 0.355 e. The van der Waals surface area contributed by atoms with E-state index < -0.39 is 11.9 Å². The van der Waals surface area contributed by atoms with E-state index in [0.717, 1.165) is 11.3 Å². The molecule has 0 radical (unpaired) electrons. The fourth-order valence-electron chi connectivity index (χ4n) is 2.87. The summed E-state index contributed by atoms with van der Waals surface area (Å²) in [4.78, 5) is 26.7. The van der Waals surface area contributed by atoms with Crippen LogP contribution in [-0.4, -0.2) is 24.4 Å². The normalized spacial score (nSPS) is 16.1. The number of benzene rings is 2. The van der Waals surface area contributed by atoms with E-state index >= 15 is 0 Å². The first-order valence-electron chi connectivity index (χ1n) is 7.56. The number of fused-ring (bicyclic) bond motifs is 1. The van der Waals surface area contributed by atoms with Crippen molar-refractivity contribution in [1.82, 2.24) is 5.32 Å². The molecule has 2 aromatic rings. The van der Waals surface area contributed by atoms with E-state index in [1.165, 1.54) is 29.2 Å². The number of hydrogen-bond acceptors (Lipinski definition) is 2. The van der Waals surface area contributed by atoms with Gasteiger partial charge < -0.3 is 5.32 Å². The van der Waals surface area contributed by atoms with Crippen LogP contribution in [0, 0.1) is 5.82 Å². The SMILES string of the molecule is CCNC(=O)C1Cc2ccccc2N1C(=O)c1ccc(F)cc1. The van der Waals surface area contributed by atoms with Crippen LogP contribution in [-0.2, 0) is 11.2 Å². The van der Waals surface area contributed by atoms with E-state index in [1.807, 2.05) is 31.2 Å². The Kier molecular flexibility index (Phi) is 4.10. The van der Waals surface area contributed by atoms with Crippen molar-refractivity contribution in [2.24, 2.45) is 0 Å². The topological polar surface area (TPSA) is 49.4 Å². The lowest BCUT2D eigenvalue weighted by Gasteiger charge is -2.24. The van der Waals surface area contributed by atoms with E-state index in [0.29, 0.717) is 18.5 Å². The van der Waals surface area contributed by atoms with Crippen LogP contribution in [0.25, 0.3) is 0 Å². The molecular weight excluding hydrogens is 295 g/mol. The molecule has 2 aromatic carbocycles. The molecule has 3 rings (SSSR count). The smallest absolute Gasteiger partial charge is 0.259 e. The molecule has 0 bridgehead atoms. The Morgan fingerprint density at radius 3 is 2.57 bits per heavy atom. The van der Waals surface area contributed by atoms with Crippen molar-refractivity contribution in [3.8, 4) is 0 Å². The van der Waals surface area contributed by atoms with Crippen molar-refractivity contribution in [3.05, 3.63) is 65.5 Å². The van der Waals surface area contributed by atoms with E-state index in [4.69, 9.17) is 0 Å². The fraction of sp³-hybridized carbons (Fsp3) is 0.222. The number of nitrogens with zero attached hydrogens (tertiary/aromatic N) is 1. The summed E-state index contributed by atoms with van der Waals surface area (Å²) in [5.41, 5.74) is 2.05. The Bertz CT molecular complexity index is 743. The lowest BCUT2D eigenvalue weighted by atomic mass is 10.1. The van der Waals surface area contributed by atoms with Crippen molar-refractivity contribution < 1.29 is 14.0 Å². The van der Waals surface area contributed by atoms with Gasteiger partial charge in [0, 0.05) is 24.2 Å². The summed E-state index contributed by atoms with van der Waals surface area (Å²) in [6.07, 6.45) is 0.481. The van der Waals surface area contributed by atoms with Crippen LogP contribution in [0.5, 0.6) is 0 Å². The second kappa shape index (κ2) is 6.20. The highest BCUT2D eigenvalue weighted by atomic mass is 19.1. The molecule has 1 atom stereocenters. The first-order valence-corrected chi connectivity index (χ1v) is 7.56. The number of halogens is 1. The van der Waals surface area contributed by atoms with Gasteiger partial charge in [0.25, 0.3) is 5.91 Å². The maximum absolute atomic E-state index is 13.1. The molecule has 0 saturated carbocycles. The van der Waals surface area contributed by atoms with Crippen LogP contribution in [0.3, 0.4) is 0 Å². The van der Waals surface area contributed by atoms with Crippen LogP contribution < -0.4 is 10.2 Å². The van der Waals surface area contributed by atoms with E-state index in [9.17, 15) is 14.0 Å². The lowest BCUT2D eigenvalue weighted by molar-refractivity contribution is -0.122. The number of carbonyl (C=O) groups is 2. The molecule has 0 aromatic heterocycles. The van der Waals surface area contributed by atoms with Gasteiger partial charge in [-0.15, -0.1) is 0 Å². The summed E-state index contributed by atoms with van der Waals surface area (Å²) in [6, 6.07) is 12.3. The molecule has 1 N–H and O–H groups in total. The maximum atomic E-state index is 13.1. The highest BCUT2D eigenvalue weighted by molar-refractivity contribution is 6.11. The number of hydrogen-bond donors (Lipinski definition) is 1. The van der Waals surface area contributed by atoms with Gasteiger partial charge in [0.05, 0.1) is 0 Å². The highest BCUT2D eigenvalue weighted by Crippen LogP contribution is 2.33. The molecule has 0 saturated heterocycles. The minimum absolute atomic E-state index is 0.181. The van der Waals surface area contributed by atoms with Crippen molar-refractivity contribution in [3.63, 3.8) is 0 Å². The van der Waals surface area contributed by atoms with Crippen LogP contribution in [0.15, 0.2) is 48.5 Å². The molecular formula is C18H17FN2O2. The molecule has 118 valence electrons. The molecule has 1 aliphatic heterocycles. The minimum Gasteiger partial charge on any atom is -0.355 e. The Hall–Kier alpha value is -2.69. The van der Waals surface area contributed by atoms with Gasteiger partial charge in [-0.25, -0.2) is 4.39 Å². The zero-order valence-corrected chi connectivity index (χ0v) is 12.8. The number of amides is 2. The quantitative estimate of drug-likeness (QED) is 0.947. The van der Waals surface area contributed by atoms with Gasteiger partial charge in [0.15, 0.2) is 0 Å². The molecule has 23 heavy (non-hydrogen) atoms. The summed E-state index contributed by atoms with van der Waals surface area (Å²) < 4.78 is 13.1. The van der Waals surface area contributed by atoms with Crippen molar-refractivity contribution in [2.45, 2.75) is 19.4 Å². The Morgan fingerprint density at radius 1 is 1.17 bits per heavy atom. The number of para-hydroxylation sites is 1. The first-order chi connectivity index (χ1) is 11.1. The summed E-state index contributed by atoms with van der Waals surface area (Å²) in [7, 11) is 0. The average Bonchev–Trinajstić information content (AvgIpc) is 2.94. The predicted octanol–water partition coefficient (Wildman–Crippen LogP) is 2.53. The minimum atomic E-state index is -0.579. The van der Waals surface area contributed by atoms with E-state index in [-0.39, 0.29) is 11.8 Å². The summed E-state index contributed by atoms with van der Waals surface area (Å²) in [6.45, 7) is 2.34. The molecule has 0 spiro atoms. The van der Waals surface area contributed by atoms with E-state index in [2.05, 4.69) is 5.32 Å². The maximum Gasteiger partial charge on any atom is 0.259 e. The molecule has 4 nitrogen and oxygen atoms in total. The summed E-state index contributed by atoms with van der Waals surface area (Å²) in [5, 5.41) is 2.77. The molecule has 2 amide bonds. The molecule has 1 heterocycles. The van der Waals surface area contributed by atoms with Crippen molar-refractivity contribution in [2.75, 3.05) is 11.4 Å². The Morgan fingerprint density at radius 2 is 1.87 bits per heavy atom. The van der Waals surface area contributed by atoms with Crippen molar-refractivity contribution in [1.29, 1.82) is 0 Å². The molecule has 1 unspecified atom stereocenters. The number of anilines is 1. The Balaban J connectivity index is 1.99. The van der Waals surface area contributed by atoms with Crippen LogP contribution in [0.1, 0.15) is 22.8 Å². The average molecular weight is 312 g/mol. The first kappa shape index (κ1) is 15.2. The molecule has 0 fully saturated rings. The summed E-state index contributed by atoms with van der Waals surface area (Å²) >= 11 is 0. The second-order valence-electron chi connectivity index (χ2n) is 5.43. The van der Waals surface area contributed by atoms with Crippen LogP contribution >= 0.6 is 0 Å². The van der Waals surface area contributed by atoms with Gasteiger partial charge in [0.2, 0.25) is 5.91 Å². The van der Waals surface area contributed by atoms with Crippen molar-refractivity contribution >= 4 is 17.5 Å². The number of likely N-dealkylation sites (N-methyl/N-ethyl adjacent to an activating group) is 1. The standard InChI is InChI=1S/C18H17FN2O2/c1-2-20-17(22)16-11-13-5-3-4-6-15(13)21(16)18(23)12-7-9-14(19)10-8-12/h3-10,16H,2,11H2,1H3,(H,20,22). The highest BCUT2D eigenvalue weighted by Gasteiger charge is 2.38. The third-order valence-corrected chi connectivity index (χ3v) is 3.94. The lowest BCUT2D eigenvalue weighted by Crippen LogP contribution is -2.48. The van der Waals surface area contributed by atoms with Gasteiger partial charge in [-0.3, -0.25) is 14.5 Å². The van der Waals surface area contributed by atoms with Crippen LogP contribution in [0.4, 0.5) is 10.1 Å². The zero-order valence-electron chi connectivity index (χ0n) is 12.8. The van der Waals surface area contributed by atoms with Gasteiger partial charge in [0.1, 0.15) is 11.9 Å². The van der Waals surface area contributed by atoms with Gasteiger partial charge in [-0.1, -0.05) is 18.2 Å².